The fraction of sp³-hybridized carbons (Fsp3) is 0.118. The highest BCUT2D eigenvalue weighted by molar-refractivity contribution is 5.94. The summed E-state index contributed by atoms with van der Waals surface area (Å²) in [6.45, 7) is 1.39. The Hall–Kier alpha value is -3.55. The molecular weight excluding hydrogens is 324 g/mol. The monoisotopic (exact) mass is 338 g/mol. The Morgan fingerprint density at radius 1 is 1.24 bits per heavy atom. The van der Waals surface area contributed by atoms with Gasteiger partial charge in [-0.25, -0.2) is 4.98 Å². The standard InChI is InChI=1S/C17H14N4O4/c1-11-5-4-8-14(21(24)25)17(11)19-15(22)10-20-13-7-3-2-6-12(13)18-9-16(20)23/h2-9H,10H2,1H3,(H,19,22). The Bertz CT molecular complexity index is 1040. The average molecular weight is 338 g/mol. The molecule has 0 radical (unpaired) electrons. The van der Waals surface area contributed by atoms with E-state index in [1.54, 1.807) is 43.3 Å². The van der Waals surface area contributed by atoms with E-state index in [4.69, 9.17) is 0 Å². The summed E-state index contributed by atoms with van der Waals surface area (Å²) in [6.07, 6.45) is 1.14. The molecule has 1 amide bonds. The molecule has 0 fully saturated rings. The fourth-order valence-electron chi connectivity index (χ4n) is 2.57. The summed E-state index contributed by atoms with van der Waals surface area (Å²) in [5.41, 5.74) is 1.17. The second-order valence-electron chi connectivity index (χ2n) is 5.45. The SMILES string of the molecule is Cc1cccc([N+](=O)[O-])c1NC(=O)Cn1c(=O)cnc2ccccc21. The number of fused-ring (bicyclic) bond motifs is 1. The molecule has 8 heteroatoms. The lowest BCUT2D eigenvalue weighted by molar-refractivity contribution is -0.384. The second kappa shape index (κ2) is 6.52. The van der Waals surface area contributed by atoms with Crippen molar-refractivity contribution in [2.24, 2.45) is 0 Å². The molecule has 126 valence electrons. The number of aryl methyl sites for hydroxylation is 1. The maximum absolute atomic E-state index is 12.4. The number of carbonyl (C=O) groups is 1. The first kappa shape index (κ1) is 16.3. The maximum atomic E-state index is 12.4. The normalized spacial score (nSPS) is 10.6. The molecule has 3 aromatic rings. The van der Waals surface area contributed by atoms with Gasteiger partial charge in [0.2, 0.25) is 5.91 Å². The number of anilines is 1. The van der Waals surface area contributed by atoms with Gasteiger partial charge < -0.3 is 5.32 Å². The highest BCUT2D eigenvalue weighted by Gasteiger charge is 2.18. The summed E-state index contributed by atoms with van der Waals surface area (Å²) in [7, 11) is 0. The van der Waals surface area contributed by atoms with Gasteiger partial charge in [0.15, 0.2) is 0 Å². The average Bonchev–Trinajstić information content (AvgIpc) is 2.59. The van der Waals surface area contributed by atoms with Crippen LogP contribution in [0.5, 0.6) is 0 Å². The van der Waals surface area contributed by atoms with E-state index >= 15 is 0 Å². The van der Waals surface area contributed by atoms with Crippen LogP contribution in [-0.4, -0.2) is 20.4 Å². The van der Waals surface area contributed by atoms with E-state index in [0.717, 1.165) is 6.20 Å². The van der Waals surface area contributed by atoms with Crippen LogP contribution in [0.4, 0.5) is 11.4 Å². The van der Waals surface area contributed by atoms with Gasteiger partial charge in [-0.1, -0.05) is 24.3 Å². The zero-order valence-corrected chi connectivity index (χ0v) is 13.3. The Morgan fingerprint density at radius 3 is 2.76 bits per heavy atom. The van der Waals surface area contributed by atoms with Gasteiger partial charge in [0.1, 0.15) is 12.2 Å². The largest absolute Gasteiger partial charge is 0.319 e. The topological polar surface area (TPSA) is 107 Å². The number of nitrogens with one attached hydrogen (secondary N) is 1. The molecule has 0 saturated carbocycles. The molecule has 3 rings (SSSR count). The number of aromatic nitrogens is 2. The van der Waals surface area contributed by atoms with E-state index in [2.05, 4.69) is 10.3 Å². The van der Waals surface area contributed by atoms with E-state index in [0.29, 0.717) is 16.6 Å². The number of nitro groups is 1. The van der Waals surface area contributed by atoms with Crippen LogP contribution in [0.1, 0.15) is 5.56 Å². The first-order valence-electron chi connectivity index (χ1n) is 7.46. The number of rotatable bonds is 4. The number of hydrogen-bond acceptors (Lipinski definition) is 5. The van der Waals surface area contributed by atoms with Crippen molar-refractivity contribution in [1.82, 2.24) is 9.55 Å². The third-order valence-corrected chi connectivity index (χ3v) is 3.77. The van der Waals surface area contributed by atoms with Crippen LogP contribution in [0.25, 0.3) is 11.0 Å². The van der Waals surface area contributed by atoms with Crippen LogP contribution in [0.15, 0.2) is 53.5 Å². The van der Waals surface area contributed by atoms with E-state index in [1.165, 1.54) is 10.6 Å². The van der Waals surface area contributed by atoms with E-state index in [9.17, 15) is 19.7 Å². The van der Waals surface area contributed by atoms with Gasteiger partial charge in [-0.05, 0) is 24.6 Å². The maximum Gasteiger partial charge on any atom is 0.293 e. The minimum atomic E-state index is -0.559. The first-order chi connectivity index (χ1) is 12.0. The summed E-state index contributed by atoms with van der Waals surface area (Å²) in [6, 6.07) is 11.5. The van der Waals surface area contributed by atoms with Crippen molar-refractivity contribution in [1.29, 1.82) is 0 Å². The van der Waals surface area contributed by atoms with Gasteiger partial charge in [-0.2, -0.15) is 0 Å². The molecule has 0 saturated heterocycles. The Morgan fingerprint density at radius 2 is 2.00 bits per heavy atom. The molecule has 1 aromatic heterocycles. The molecule has 1 heterocycles. The number of hydrogen-bond donors (Lipinski definition) is 1. The van der Waals surface area contributed by atoms with Crippen LogP contribution in [0, 0.1) is 17.0 Å². The predicted molar refractivity (Wildman–Crippen MR) is 92.5 cm³/mol. The molecule has 25 heavy (non-hydrogen) atoms. The minimum absolute atomic E-state index is 0.129. The van der Waals surface area contributed by atoms with E-state index in [1.807, 2.05) is 0 Å². The smallest absolute Gasteiger partial charge is 0.293 e. The van der Waals surface area contributed by atoms with Crippen molar-refractivity contribution < 1.29 is 9.72 Å². The summed E-state index contributed by atoms with van der Waals surface area (Å²) in [5, 5.41) is 13.7. The molecule has 0 aliphatic heterocycles. The molecule has 0 unspecified atom stereocenters. The molecule has 2 aromatic carbocycles. The van der Waals surface area contributed by atoms with Gasteiger partial charge in [-0.3, -0.25) is 24.3 Å². The predicted octanol–water partition coefficient (Wildman–Crippen LogP) is 2.25. The first-order valence-corrected chi connectivity index (χ1v) is 7.46. The molecular formula is C17H14N4O4. The van der Waals surface area contributed by atoms with Crippen molar-refractivity contribution in [3.8, 4) is 0 Å². The molecule has 0 atom stereocenters. The third kappa shape index (κ3) is 3.23. The van der Waals surface area contributed by atoms with Gasteiger partial charge in [0.25, 0.3) is 11.2 Å². The summed E-state index contributed by atoms with van der Waals surface area (Å²) >= 11 is 0. The third-order valence-electron chi connectivity index (χ3n) is 3.77. The van der Waals surface area contributed by atoms with Crippen molar-refractivity contribution in [2.75, 3.05) is 5.32 Å². The lowest BCUT2D eigenvalue weighted by atomic mass is 10.1. The number of nitrogens with zero attached hydrogens (tertiary/aromatic N) is 3. The number of para-hydroxylation sites is 3. The number of carbonyl (C=O) groups excluding carboxylic acids is 1. The molecule has 0 aliphatic carbocycles. The number of nitro benzene ring substituents is 1. The second-order valence-corrected chi connectivity index (χ2v) is 5.45. The lowest BCUT2D eigenvalue weighted by Crippen LogP contribution is -2.28. The number of amides is 1. The van der Waals surface area contributed by atoms with E-state index < -0.39 is 16.4 Å². The van der Waals surface area contributed by atoms with Gasteiger partial charge in [-0.15, -0.1) is 0 Å². The Balaban J connectivity index is 1.94. The zero-order valence-electron chi connectivity index (χ0n) is 13.3. The van der Waals surface area contributed by atoms with Gasteiger partial charge in [0.05, 0.1) is 22.2 Å². The molecule has 8 nitrogen and oxygen atoms in total. The lowest BCUT2D eigenvalue weighted by Gasteiger charge is -2.11. The van der Waals surface area contributed by atoms with Crippen molar-refractivity contribution in [3.05, 3.63) is 74.7 Å². The quantitative estimate of drug-likeness (QED) is 0.580. The summed E-state index contributed by atoms with van der Waals surface area (Å²) < 4.78 is 1.28. The van der Waals surface area contributed by atoms with Crippen LogP contribution in [-0.2, 0) is 11.3 Å². The molecule has 1 N–H and O–H groups in total. The number of benzene rings is 2. The minimum Gasteiger partial charge on any atom is -0.319 e. The Kier molecular flexibility index (Phi) is 4.25. The highest BCUT2D eigenvalue weighted by Crippen LogP contribution is 2.27. The van der Waals surface area contributed by atoms with Crippen LogP contribution in [0.3, 0.4) is 0 Å². The molecule has 0 bridgehead atoms. The summed E-state index contributed by atoms with van der Waals surface area (Å²) in [5.74, 6) is -0.532. The Labute approximate surface area is 141 Å². The van der Waals surface area contributed by atoms with Crippen molar-refractivity contribution in [3.63, 3.8) is 0 Å². The fourth-order valence-corrected chi connectivity index (χ4v) is 2.57. The van der Waals surface area contributed by atoms with Gasteiger partial charge >= 0.3 is 0 Å². The zero-order chi connectivity index (χ0) is 18.0. The van der Waals surface area contributed by atoms with Crippen LogP contribution < -0.4 is 10.9 Å². The molecule has 0 aliphatic rings. The van der Waals surface area contributed by atoms with Crippen molar-refractivity contribution in [2.45, 2.75) is 13.5 Å². The summed E-state index contributed by atoms with van der Waals surface area (Å²) in [4.78, 5) is 39.1. The van der Waals surface area contributed by atoms with E-state index in [-0.39, 0.29) is 17.9 Å². The van der Waals surface area contributed by atoms with Gasteiger partial charge in [0, 0.05) is 6.07 Å². The van der Waals surface area contributed by atoms with Crippen LogP contribution in [0.2, 0.25) is 0 Å². The highest BCUT2D eigenvalue weighted by atomic mass is 16.6. The van der Waals surface area contributed by atoms with Crippen LogP contribution >= 0.6 is 0 Å². The molecule has 0 spiro atoms. The van der Waals surface area contributed by atoms with Crippen molar-refractivity contribution >= 4 is 28.3 Å².